The Bertz CT molecular complexity index is 377. The fraction of sp³-hybridized carbons (Fsp3) is 0.500. The van der Waals surface area contributed by atoms with Crippen LogP contribution in [0, 0.1) is 0 Å². The summed E-state index contributed by atoms with van der Waals surface area (Å²) < 4.78 is 0. The van der Waals surface area contributed by atoms with Crippen molar-refractivity contribution in [2.24, 2.45) is 0 Å². The first-order chi connectivity index (χ1) is 8.14. The Morgan fingerprint density at radius 3 is 2.71 bits per heavy atom. The lowest BCUT2D eigenvalue weighted by molar-refractivity contribution is -0.124. The summed E-state index contributed by atoms with van der Waals surface area (Å²) in [6.45, 7) is 5.23. The average molecular weight is 249 g/mol. The van der Waals surface area contributed by atoms with Crippen molar-refractivity contribution in [2.45, 2.75) is 42.4 Å². The standard InChI is InChI=1S/C14H19NOS/c1-14(2)13(9-6-10-15(14)11-16)17-12-7-4-3-5-8-12/h3-5,7-8,11,13H,6,9-10H2,1-2H3. The third kappa shape index (κ3) is 2.65. The molecule has 1 aromatic carbocycles. The van der Waals surface area contributed by atoms with Crippen molar-refractivity contribution in [3.63, 3.8) is 0 Å². The number of carbonyl (C=O) groups is 1. The van der Waals surface area contributed by atoms with Crippen LogP contribution in [0.5, 0.6) is 0 Å². The normalized spacial score (nSPS) is 23.4. The molecule has 17 heavy (non-hydrogen) atoms. The number of hydrogen-bond donors (Lipinski definition) is 0. The van der Waals surface area contributed by atoms with E-state index in [2.05, 4.69) is 38.1 Å². The molecular formula is C14H19NOS. The molecule has 2 nitrogen and oxygen atoms in total. The summed E-state index contributed by atoms with van der Waals surface area (Å²) in [6.07, 6.45) is 3.28. The summed E-state index contributed by atoms with van der Waals surface area (Å²) in [5.41, 5.74) is -0.0551. The average Bonchev–Trinajstić information content (AvgIpc) is 2.33. The molecular weight excluding hydrogens is 230 g/mol. The summed E-state index contributed by atoms with van der Waals surface area (Å²) >= 11 is 1.89. The molecule has 1 aromatic rings. The molecule has 2 rings (SSSR count). The van der Waals surface area contributed by atoms with Crippen LogP contribution < -0.4 is 0 Å². The van der Waals surface area contributed by atoms with E-state index in [0.717, 1.165) is 19.4 Å². The third-order valence-corrected chi connectivity index (χ3v) is 5.18. The lowest BCUT2D eigenvalue weighted by Gasteiger charge is -2.45. The minimum atomic E-state index is -0.0551. The molecule has 0 radical (unpaired) electrons. The van der Waals surface area contributed by atoms with Gasteiger partial charge in [-0.3, -0.25) is 4.79 Å². The van der Waals surface area contributed by atoms with Gasteiger partial charge in [0.2, 0.25) is 6.41 Å². The number of hydrogen-bond acceptors (Lipinski definition) is 2. The summed E-state index contributed by atoms with van der Waals surface area (Å²) in [6, 6.07) is 10.4. The van der Waals surface area contributed by atoms with Crippen molar-refractivity contribution in [3.05, 3.63) is 30.3 Å². The SMILES string of the molecule is CC1(C)C(Sc2ccccc2)CCCN1C=O. The third-order valence-electron chi connectivity index (χ3n) is 3.54. The molecule has 3 heteroatoms. The molecule has 1 unspecified atom stereocenters. The maximum absolute atomic E-state index is 11.1. The Hall–Kier alpha value is -0.960. The van der Waals surface area contributed by atoms with Gasteiger partial charge in [-0.1, -0.05) is 18.2 Å². The summed E-state index contributed by atoms with van der Waals surface area (Å²) in [7, 11) is 0. The molecule has 1 atom stereocenters. The van der Waals surface area contributed by atoms with E-state index >= 15 is 0 Å². The van der Waals surface area contributed by atoms with Gasteiger partial charge in [-0.15, -0.1) is 11.8 Å². The molecule has 1 aliphatic heterocycles. The number of thioether (sulfide) groups is 1. The van der Waals surface area contributed by atoms with Gasteiger partial charge in [0.25, 0.3) is 0 Å². The number of benzene rings is 1. The zero-order chi connectivity index (χ0) is 12.3. The van der Waals surface area contributed by atoms with Crippen LogP contribution in [-0.2, 0) is 4.79 Å². The number of amides is 1. The topological polar surface area (TPSA) is 20.3 Å². The van der Waals surface area contributed by atoms with E-state index in [1.807, 2.05) is 22.7 Å². The van der Waals surface area contributed by atoms with Crippen LogP contribution in [0.25, 0.3) is 0 Å². The highest BCUT2D eigenvalue weighted by molar-refractivity contribution is 8.00. The predicted octanol–water partition coefficient (Wildman–Crippen LogP) is 3.18. The Labute approximate surface area is 107 Å². The second-order valence-electron chi connectivity index (χ2n) is 5.01. The molecule has 1 amide bonds. The van der Waals surface area contributed by atoms with Crippen LogP contribution in [0.2, 0.25) is 0 Å². The molecule has 0 saturated carbocycles. The van der Waals surface area contributed by atoms with Gasteiger partial charge in [-0.05, 0) is 38.8 Å². The Kier molecular flexibility index (Phi) is 3.77. The van der Waals surface area contributed by atoms with Gasteiger partial charge in [-0.2, -0.15) is 0 Å². The Morgan fingerprint density at radius 2 is 2.06 bits per heavy atom. The van der Waals surface area contributed by atoms with Crippen LogP contribution in [0.3, 0.4) is 0 Å². The van der Waals surface area contributed by atoms with E-state index in [1.165, 1.54) is 11.3 Å². The highest BCUT2D eigenvalue weighted by Crippen LogP contribution is 2.38. The van der Waals surface area contributed by atoms with Crippen molar-refractivity contribution >= 4 is 18.2 Å². The van der Waals surface area contributed by atoms with Gasteiger partial charge >= 0.3 is 0 Å². The fourth-order valence-corrected chi connectivity index (χ4v) is 3.68. The van der Waals surface area contributed by atoms with Gasteiger partial charge in [0.05, 0.1) is 0 Å². The highest BCUT2D eigenvalue weighted by atomic mass is 32.2. The van der Waals surface area contributed by atoms with Gasteiger partial charge in [0, 0.05) is 22.2 Å². The monoisotopic (exact) mass is 249 g/mol. The number of likely N-dealkylation sites (tertiary alicyclic amines) is 1. The molecule has 1 fully saturated rings. The molecule has 0 N–H and O–H groups in total. The maximum Gasteiger partial charge on any atom is 0.210 e. The zero-order valence-corrected chi connectivity index (χ0v) is 11.2. The van der Waals surface area contributed by atoms with Gasteiger partial charge in [0.15, 0.2) is 0 Å². The number of nitrogens with zero attached hydrogens (tertiary/aromatic N) is 1. The van der Waals surface area contributed by atoms with Crippen LogP contribution in [0.15, 0.2) is 35.2 Å². The number of piperidine rings is 1. The van der Waals surface area contributed by atoms with Gasteiger partial charge in [0.1, 0.15) is 0 Å². The fourth-order valence-electron chi connectivity index (χ4n) is 2.33. The first-order valence-corrected chi connectivity index (χ1v) is 6.96. The van der Waals surface area contributed by atoms with Crippen LogP contribution in [-0.4, -0.2) is 28.6 Å². The maximum atomic E-state index is 11.1. The Morgan fingerprint density at radius 1 is 1.35 bits per heavy atom. The number of rotatable bonds is 3. The van der Waals surface area contributed by atoms with E-state index in [0.29, 0.717) is 5.25 Å². The van der Waals surface area contributed by atoms with E-state index in [1.54, 1.807) is 0 Å². The van der Waals surface area contributed by atoms with Crippen molar-refractivity contribution in [2.75, 3.05) is 6.54 Å². The van der Waals surface area contributed by atoms with Crippen LogP contribution >= 0.6 is 11.8 Å². The molecule has 0 bridgehead atoms. The molecule has 0 spiro atoms. The Balaban J connectivity index is 2.12. The lowest BCUT2D eigenvalue weighted by atomic mass is 9.90. The van der Waals surface area contributed by atoms with E-state index in [4.69, 9.17) is 0 Å². The number of carbonyl (C=O) groups excluding carboxylic acids is 1. The van der Waals surface area contributed by atoms with Crippen molar-refractivity contribution in [3.8, 4) is 0 Å². The minimum absolute atomic E-state index is 0.0551. The first-order valence-electron chi connectivity index (χ1n) is 6.08. The van der Waals surface area contributed by atoms with Crippen molar-refractivity contribution in [1.29, 1.82) is 0 Å². The molecule has 1 aliphatic rings. The first kappa shape index (κ1) is 12.5. The van der Waals surface area contributed by atoms with Gasteiger partial charge in [-0.25, -0.2) is 0 Å². The van der Waals surface area contributed by atoms with Gasteiger partial charge < -0.3 is 4.90 Å². The largest absolute Gasteiger partial charge is 0.339 e. The van der Waals surface area contributed by atoms with Crippen LogP contribution in [0.4, 0.5) is 0 Å². The molecule has 0 aliphatic carbocycles. The lowest BCUT2D eigenvalue weighted by Crippen LogP contribution is -2.54. The zero-order valence-electron chi connectivity index (χ0n) is 10.4. The second-order valence-corrected chi connectivity index (χ2v) is 6.29. The summed E-state index contributed by atoms with van der Waals surface area (Å²) in [5.74, 6) is 0. The van der Waals surface area contributed by atoms with Crippen molar-refractivity contribution < 1.29 is 4.79 Å². The quantitative estimate of drug-likeness (QED) is 0.767. The predicted molar refractivity (Wildman–Crippen MR) is 72.2 cm³/mol. The molecule has 1 heterocycles. The minimum Gasteiger partial charge on any atom is -0.339 e. The van der Waals surface area contributed by atoms with E-state index < -0.39 is 0 Å². The van der Waals surface area contributed by atoms with E-state index in [9.17, 15) is 4.79 Å². The molecule has 0 aromatic heterocycles. The smallest absolute Gasteiger partial charge is 0.210 e. The van der Waals surface area contributed by atoms with Crippen LogP contribution in [0.1, 0.15) is 26.7 Å². The highest BCUT2D eigenvalue weighted by Gasteiger charge is 2.38. The summed E-state index contributed by atoms with van der Waals surface area (Å²) in [4.78, 5) is 14.3. The van der Waals surface area contributed by atoms with Crippen molar-refractivity contribution in [1.82, 2.24) is 4.90 Å². The molecule has 1 saturated heterocycles. The molecule has 92 valence electrons. The second kappa shape index (κ2) is 5.13. The summed E-state index contributed by atoms with van der Waals surface area (Å²) in [5, 5.41) is 0.476. The van der Waals surface area contributed by atoms with E-state index in [-0.39, 0.29) is 5.54 Å².